The van der Waals surface area contributed by atoms with Crippen LogP contribution in [0.3, 0.4) is 0 Å². The fourth-order valence-electron chi connectivity index (χ4n) is 2.25. The number of fused-ring (bicyclic) bond motifs is 1. The van der Waals surface area contributed by atoms with Crippen molar-refractivity contribution in [1.29, 1.82) is 0 Å². The number of thiophene rings is 1. The van der Waals surface area contributed by atoms with E-state index in [0.717, 1.165) is 16.7 Å². The lowest BCUT2D eigenvalue weighted by atomic mass is 10.0. The van der Waals surface area contributed by atoms with Crippen molar-refractivity contribution in [3.05, 3.63) is 22.6 Å². The van der Waals surface area contributed by atoms with Crippen LogP contribution >= 0.6 is 11.3 Å². The van der Waals surface area contributed by atoms with E-state index in [0.29, 0.717) is 24.1 Å². The van der Waals surface area contributed by atoms with Gasteiger partial charge < -0.3 is 5.32 Å². The van der Waals surface area contributed by atoms with Crippen molar-refractivity contribution >= 4 is 31.2 Å². The number of hydrogen-bond acceptors (Lipinski definition) is 6. The molecule has 112 valence electrons. The Morgan fingerprint density at radius 3 is 2.55 bits per heavy atom. The molecule has 1 atom stereocenters. The third-order valence-corrected chi connectivity index (χ3v) is 7.78. The summed E-state index contributed by atoms with van der Waals surface area (Å²) in [5, 5.41) is 9.45. The van der Waals surface area contributed by atoms with Gasteiger partial charge in [0.15, 0.2) is 0 Å². The molecule has 0 amide bonds. The fourth-order valence-corrected chi connectivity index (χ4v) is 6.56. The van der Waals surface area contributed by atoms with Crippen LogP contribution in [-0.4, -0.2) is 23.4 Å². The van der Waals surface area contributed by atoms with Gasteiger partial charge >= 0.3 is 0 Å². The lowest BCUT2D eigenvalue weighted by Gasteiger charge is -2.20. The summed E-state index contributed by atoms with van der Waals surface area (Å²) >= 11 is 0.738. The van der Waals surface area contributed by atoms with Crippen molar-refractivity contribution in [1.82, 2.24) is 5.32 Å². The van der Waals surface area contributed by atoms with Crippen LogP contribution in [0.2, 0.25) is 0 Å². The molecule has 2 rings (SSSR count). The number of primary sulfonamides is 1. The summed E-state index contributed by atoms with van der Waals surface area (Å²) in [4.78, 5) is 0. The van der Waals surface area contributed by atoms with E-state index < -0.39 is 19.9 Å². The predicted octanol–water partition coefficient (Wildman–Crippen LogP) is 0.910. The number of sulfone groups is 1. The summed E-state index contributed by atoms with van der Waals surface area (Å²) in [6, 6.07) is -0.305. The molecule has 1 aromatic heterocycles. The van der Waals surface area contributed by atoms with E-state index in [2.05, 4.69) is 5.32 Å². The number of hydrogen-bond donors (Lipinski definition) is 2. The van der Waals surface area contributed by atoms with Crippen molar-refractivity contribution in [3.63, 3.8) is 0 Å². The van der Waals surface area contributed by atoms with E-state index in [4.69, 9.17) is 5.14 Å². The Bertz CT molecular complexity index is 760. The molecule has 1 aromatic rings. The topological polar surface area (TPSA) is 106 Å². The van der Waals surface area contributed by atoms with Crippen LogP contribution < -0.4 is 10.5 Å². The average Bonchev–Trinajstić information content (AvgIpc) is 2.73. The van der Waals surface area contributed by atoms with Gasteiger partial charge in [0, 0.05) is 11.0 Å². The first-order valence-electron chi connectivity index (χ1n) is 6.07. The minimum absolute atomic E-state index is 0.0554. The summed E-state index contributed by atoms with van der Waals surface area (Å²) in [7, 11) is -7.52. The normalized spacial score (nSPS) is 20.9. The summed E-state index contributed by atoms with van der Waals surface area (Å²) in [5.41, 5.74) is 1.01. The second-order valence-corrected chi connectivity index (χ2v) is 9.18. The van der Waals surface area contributed by atoms with E-state index in [9.17, 15) is 16.8 Å². The second kappa shape index (κ2) is 5.23. The molecule has 1 unspecified atom stereocenters. The minimum Gasteiger partial charge on any atom is -0.307 e. The van der Waals surface area contributed by atoms with E-state index in [-0.39, 0.29) is 14.5 Å². The van der Waals surface area contributed by atoms with Crippen LogP contribution in [-0.2, 0) is 26.3 Å². The summed E-state index contributed by atoms with van der Waals surface area (Å²) in [6.45, 7) is 4.32. The largest absolute Gasteiger partial charge is 0.307 e. The first-order chi connectivity index (χ1) is 9.22. The smallest absolute Gasteiger partial charge is 0.247 e. The van der Waals surface area contributed by atoms with Crippen LogP contribution in [0.25, 0.3) is 0 Å². The third kappa shape index (κ3) is 2.56. The van der Waals surface area contributed by atoms with Gasteiger partial charge in [0.2, 0.25) is 19.9 Å². The molecule has 0 radical (unpaired) electrons. The van der Waals surface area contributed by atoms with Gasteiger partial charge in [-0.15, -0.1) is 11.3 Å². The van der Waals surface area contributed by atoms with Gasteiger partial charge in [-0.05, 0) is 18.5 Å². The summed E-state index contributed by atoms with van der Waals surface area (Å²) in [6.07, 6.45) is 1.95. The van der Waals surface area contributed by atoms with Crippen molar-refractivity contribution in [2.45, 2.75) is 34.7 Å². The van der Waals surface area contributed by atoms with Gasteiger partial charge in [-0.3, -0.25) is 0 Å². The molecule has 0 spiro atoms. The van der Waals surface area contributed by atoms with Crippen LogP contribution in [0, 0.1) is 0 Å². The number of nitrogens with two attached hydrogens (primary N) is 1. The van der Waals surface area contributed by atoms with E-state index in [1.165, 1.54) is 0 Å². The zero-order valence-electron chi connectivity index (χ0n) is 11.1. The average molecular weight is 336 g/mol. The molecule has 0 fully saturated rings. The number of sulfonamides is 1. The zero-order valence-corrected chi connectivity index (χ0v) is 13.5. The second-order valence-electron chi connectivity index (χ2n) is 4.38. The Hall–Kier alpha value is -0.740. The molecule has 0 saturated heterocycles. The molecule has 0 bridgehead atoms. The van der Waals surface area contributed by atoms with Crippen LogP contribution in [0.5, 0.6) is 0 Å². The van der Waals surface area contributed by atoms with Crippen molar-refractivity contribution in [2.24, 2.45) is 5.14 Å². The first-order valence-corrected chi connectivity index (χ1v) is 9.98. The molecular formula is C11H16N2O4S3. The third-order valence-electron chi connectivity index (χ3n) is 3.03. The van der Waals surface area contributed by atoms with Crippen molar-refractivity contribution < 1.29 is 16.8 Å². The fraction of sp³-hybridized carbons (Fsp3) is 0.455. The summed E-state index contributed by atoms with van der Waals surface area (Å²) < 4.78 is 47.5. The Balaban J connectivity index is 2.80. The molecule has 9 heteroatoms. The number of rotatable bonds is 4. The van der Waals surface area contributed by atoms with Gasteiger partial charge in [-0.1, -0.05) is 19.9 Å². The number of likely N-dealkylation sites (N-methyl/N-ethyl adjacent to an activating group) is 1. The van der Waals surface area contributed by atoms with Crippen molar-refractivity contribution in [2.75, 3.05) is 6.54 Å². The highest BCUT2D eigenvalue weighted by Gasteiger charge is 2.34. The standard InChI is InChI=1S/C11H16N2O4S3/c1-3-7-9-8(13-4-2)5-6-19(14,15)11(9)18-10(7)20(12,16)17/h5-6,8,13H,3-4H2,1-2H3,(H2,12,16,17). The monoisotopic (exact) mass is 336 g/mol. The highest BCUT2D eigenvalue weighted by Crippen LogP contribution is 2.42. The highest BCUT2D eigenvalue weighted by atomic mass is 32.3. The van der Waals surface area contributed by atoms with E-state index in [1.807, 2.05) is 6.92 Å². The van der Waals surface area contributed by atoms with Crippen LogP contribution in [0.1, 0.15) is 31.0 Å². The van der Waals surface area contributed by atoms with Gasteiger partial charge in [-0.25, -0.2) is 22.0 Å². The first kappa shape index (κ1) is 15.6. The molecule has 6 nitrogen and oxygen atoms in total. The molecule has 0 aliphatic carbocycles. The maximum Gasteiger partial charge on any atom is 0.247 e. The van der Waals surface area contributed by atoms with Crippen LogP contribution in [0.4, 0.5) is 0 Å². The molecule has 1 aliphatic rings. The maximum atomic E-state index is 12.1. The SMILES string of the molecule is CCNC1C=CS(=O)(=O)c2sc(S(N)(=O)=O)c(CC)c21. The highest BCUT2D eigenvalue weighted by molar-refractivity contribution is 7.97. The van der Waals surface area contributed by atoms with Gasteiger partial charge in [0.05, 0.1) is 6.04 Å². The Kier molecular flexibility index (Phi) is 4.09. The summed E-state index contributed by atoms with van der Waals surface area (Å²) in [5.74, 6) is 0. The maximum absolute atomic E-state index is 12.1. The molecule has 0 saturated carbocycles. The van der Waals surface area contributed by atoms with Gasteiger partial charge in [0.1, 0.15) is 8.42 Å². The molecule has 0 aromatic carbocycles. The minimum atomic E-state index is -3.93. The molecule has 3 N–H and O–H groups in total. The zero-order chi connectivity index (χ0) is 15.1. The lowest BCUT2D eigenvalue weighted by molar-refractivity contribution is 0.589. The van der Waals surface area contributed by atoms with Gasteiger partial charge in [0.25, 0.3) is 0 Å². The predicted molar refractivity (Wildman–Crippen MR) is 77.8 cm³/mol. The lowest BCUT2D eigenvalue weighted by Crippen LogP contribution is -2.24. The van der Waals surface area contributed by atoms with Crippen LogP contribution in [0.15, 0.2) is 19.9 Å². The quantitative estimate of drug-likeness (QED) is 0.850. The van der Waals surface area contributed by atoms with E-state index in [1.54, 1.807) is 13.0 Å². The molecule has 20 heavy (non-hydrogen) atoms. The Morgan fingerprint density at radius 2 is 2.05 bits per heavy atom. The molecule has 1 aliphatic heterocycles. The Morgan fingerprint density at radius 1 is 1.40 bits per heavy atom. The molecular weight excluding hydrogens is 320 g/mol. The Labute approximate surface area is 122 Å². The number of nitrogens with one attached hydrogen (secondary N) is 1. The molecule has 2 heterocycles. The van der Waals surface area contributed by atoms with Crippen molar-refractivity contribution in [3.8, 4) is 0 Å². The van der Waals surface area contributed by atoms with Gasteiger partial charge in [-0.2, -0.15) is 0 Å². The van der Waals surface area contributed by atoms with E-state index >= 15 is 0 Å².